The lowest BCUT2D eigenvalue weighted by molar-refractivity contribution is -0.384. The van der Waals surface area contributed by atoms with Crippen LogP contribution < -0.4 is 5.32 Å². The minimum Gasteiger partial charge on any atom is -0.375 e. The largest absolute Gasteiger partial charge is 0.375 e. The number of nitrogens with one attached hydrogen (secondary N) is 1. The standard InChI is InChI=1S/C16H17ClN2O2/c1-10-4-5-13(8-14(10)17)9-18-15-6-11(2)12(3)7-16(15)19(20)21/h4-8,18H,9H2,1-3H3. The molecule has 0 aliphatic rings. The first-order valence-corrected chi connectivity index (χ1v) is 7.01. The first-order valence-electron chi connectivity index (χ1n) is 6.63. The molecule has 0 bridgehead atoms. The molecule has 0 atom stereocenters. The molecule has 4 nitrogen and oxygen atoms in total. The van der Waals surface area contributed by atoms with Gasteiger partial charge in [0, 0.05) is 17.6 Å². The van der Waals surface area contributed by atoms with E-state index in [9.17, 15) is 10.1 Å². The van der Waals surface area contributed by atoms with Crippen molar-refractivity contribution in [3.63, 3.8) is 0 Å². The topological polar surface area (TPSA) is 55.2 Å². The van der Waals surface area contributed by atoms with Gasteiger partial charge in [-0.05, 0) is 55.2 Å². The SMILES string of the molecule is Cc1cc(NCc2ccc(C)c(Cl)c2)c([N+](=O)[O-])cc1C. The third-order valence-electron chi connectivity index (χ3n) is 3.53. The molecule has 2 rings (SSSR count). The van der Waals surface area contributed by atoms with Gasteiger partial charge in [-0.1, -0.05) is 23.7 Å². The third-order valence-corrected chi connectivity index (χ3v) is 3.94. The van der Waals surface area contributed by atoms with Crippen molar-refractivity contribution in [2.45, 2.75) is 27.3 Å². The molecule has 0 fully saturated rings. The van der Waals surface area contributed by atoms with Crippen LogP contribution in [-0.2, 0) is 6.54 Å². The van der Waals surface area contributed by atoms with E-state index in [4.69, 9.17) is 11.6 Å². The maximum Gasteiger partial charge on any atom is 0.292 e. The van der Waals surface area contributed by atoms with Crippen molar-refractivity contribution >= 4 is 23.0 Å². The summed E-state index contributed by atoms with van der Waals surface area (Å²) < 4.78 is 0. The second-order valence-electron chi connectivity index (χ2n) is 5.15. The zero-order chi connectivity index (χ0) is 15.6. The fraction of sp³-hybridized carbons (Fsp3) is 0.250. The summed E-state index contributed by atoms with van der Waals surface area (Å²) in [6.07, 6.45) is 0. The molecule has 21 heavy (non-hydrogen) atoms. The maximum absolute atomic E-state index is 11.1. The first-order chi connectivity index (χ1) is 9.88. The molecule has 0 aromatic heterocycles. The van der Waals surface area contributed by atoms with Gasteiger partial charge in [0.25, 0.3) is 5.69 Å². The van der Waals surface area contributed by atoms with Crippen molar-refractivity contribution in [1.29, 1.82) is 0 Å². The Morgan fingerprint density at radius 1 is 1.10 bits per heavy atom. The van der Waals surface area contributed by atoms with Crippen molar-refractivity contribution in [3.05, 3.63) is 67.7 Å². The molecule has 2 aromatic rings. The Balaban J connectivity index is 2.24. The summed E-state index contributed by atoms with van der Waals surface area (Å²) in [5.74, 6) is 0. The van der Waals surface area contributed by atoms with Crippen LogP contribution in [0.4, 0.5) is 11.4 Å². The van der Waals surface area contributed by atoms with E-state index in [2.05, 4.69) is 5.32 Å². The van der Waals surface area contributed by atoms with Crippen LogP contribution >= 0.6 is 11.6 Å². The number of nitrogens with zero attached hydrogens (tertiary/aromatic N) is 1. The Hall–Kier alpha value is -2.07. The Bertz CT molecular complexity index is 699. The van der Waals surface area contributed by atoms with E-state index in [1.807, 2.05) is 45.0 Å². The van der Waals surface area contributed by atoms with Crippen molar-refractivity contribution in [1.82, 2.24) is 0 Å². The van der Waals surface area contributed by atoms with Gasteiger partial charge < -0.3 is 5.32 Å². The highest BCUT2D eigenvalue weighted by molar-refractivity contribution is 6.31. The van der Waals surface area contributed by atoms with Gasteiger partial charge in [0.15, 0.2) is 0 Å². The van der Waals surface area contributed by atoms with Gasteiger partial charge in [-0.25, -0.2) is 0 Å². The summed E-state index contributed by atoms with van der Waals surface area (Å²) in [6, 6.07) is 9.18. The fourth-order valence-corrected chi connectivity index (χ4v) is 2.24. The van der Waals surface area contributed by atoms with Gasteiger partial charge in [0.1, 0.15) is 5.69 Å². The molecule has 2 aromatic carbocycles. The summed E-state index contributed by atoms with van der Waals surface area (Å²) in [5, 5.41) is 15.0. The molecular formula is C16H17ClN2O2. The van der Waals surface area contributed by atoms with E-state index in [-0.39, 0.29) is 10.6 Å². The van der Waals surface area contributed by atoms with Crippen LogP contribution in [0.2, 0.25) is 5.02 Å². The molecule has 0 saturated heterocycles. The monoisotopic (exact) mass is 304 g/mol. The minimum atomic E-state index is -0.364. The van der Waals surface area contributed by atoms with E-state index in [0.717, 1.165) is 22.3 Å². The molecule has 5 heteroatoms. The van der Waals surface area contributed by atoms with Crippen LogP contribution in [-0.4, -0.2) is 4.92 Å². The molecule has 0 aliphatic carbocycles. The van der Waals surface area contributed by atoms with Gasteiger partial charge in [-0.2, -0.15) is 0 Å². The summed E-state index contributed by atoms with van der Waals surface area (Å²) in [7, 11) is 0. The molecule has 0 radical (unpaired) electrons. The van der Waals surface area contributed by atoms with Gasteiger partial charge >= 0.3 is 0 Å². The molecule has 0 aliphatic heterocycles. The highest BCUT2D eigenvalue weighted by atomic mass is 35.5. The molecule has 0 spiro atoms. The van der Waals surface area contributed by atoms with Gasteiger partial charge in [0.2, 0.25) is 0 Å². The van der Waals surface area contributed by atoms with Gasteiger partial charge in [-0.15, -0.1) is 0 Å². The van der Waals surface area contributed by atoms with Gasteiger partial charge in [-0.3, -0.25) is 10.1 Å². The lowest BCUT2D eigenvalue weighted by Gasteiger charge is -2.10. The number of aryl methyl sites for hydroxylation is 3. The summed E-state index contributed by atoms with van der Waals surface area (Å²) in [6.45, 7) is 6.23. The number of nitro benzene ring substituents is 1. The fourth-order valence-electron chi connectivity index (χ4n) is 2.04. The van der Waals surface area contributed by atoms with Crippen molar-refractivity contribution in [2.75, 3.05) is 5.32 Å². The Morgan fingerprint density at radius 3 is 2.38 bits per heavy atom. The van der Waals surface area contributed by atoms with E-state index >= 15 is 0 Å². The number of hydrogen-bond acceptors (Lipinski definition) is 3. The summed E-state index contributed by atoms with van der Waals surface area (Å²) in [4.78, 5) is 10.8. The highest BCUT2D eigenvalue weighted by Crippen LogP contribution is 2.28. The number of hydrogen-bond donors (Lipinski definition) is 1. The number of benzene rings is 2. The Labute approximate surface area is 128 Å². The first kappa shape index (κ1) is 15.3. The van der Waals surface area contributed by atoms with Crippen molar-refractivity contribution in [2.24, 2.45) is 0 Å². The van der Waals surface area contributed by atoms with Crippen LogP contribution in [0.3, 0.4) is 0 Å². The smallest absolute Gasteiger partial charge is 0.292 e. The zero-order valence-electron chi connectivity index (χ0n) is 12.2. The molecule has 110 valence electrons. The van der Waals surface area contributed by atoms with E-state index < -0.39 is 0 Å². The second-order valence-corrected chi connectivity index (χ2v) is 5.56. The van der Waals surface area contributed by atoms with Gasteiger partial charge in [0.05, 0.1) is 4.92 Å². The molecular weight excluding hydrogens is 288 g/mol. The van der Waals surface area contributed by atoms with Crippen molar-refractivity contribution < 1.29 is 4.92 Å². The average Bonchev–Trinajstić information content (AvgIpc) is 2.43. The number of nitro groups is 1. The second kappa shape index (κ2) is 6.14. The van der Waals surface area contributed by atoms with Crippen LogP contribution in [0.15, 0.2) is 30.3 Å². The maximum atomic E-state index is 11.1. The third kappa shape index (κ3) is 3.52. The number of rotatable bonds is 4. The quantitative estimate of drug-likeness (QED) is 0.653. The summed E-state index contributed by atoms with van der Waals surface area (Å²) in [5.41, 5.74) is 4.54. The number of halogens is 1. The van der Waals surface area contributed by atoms with E-state index in [1.165, 1.54) is 0 Å². The van der Waals surface area contributed by atoms with Crippen LogP contribution in [0.25, 0.3) is 0 Å². The zero-order valence-corrected chi connectivity index (χ0v) is 13.0. The van der Waals surface area contributed by atoms with E-state index in [1.54, 1.807) is 6.07 Å². The van der Waals surface area contributed by atoms with Crippen molar-refractivity contribution in [3.8, 4) is 0 Å². The Morgan fingerprint density at radius 2 is 1.76 bits per heavy atom. The lowest BCUT2D eigenvalue weighted by Crippen LogP contribution is -2.04. The predicted molar refractivity (Wildman–Crippen MR) is 86.1 cm³/mol. The van der Waals surface area contributed by atoms with E-state index in [0.29, 0.717) is 17.3 Å². The average molecular weight is 305 g/mol. The molecule has 1 N–H and O–H groups in total. The normalized spacial score (nSPS) is 10.5. The van der Waals surface area contributed by atoms with Crippen LogP contribution in [0.1, 0.15) is 22.3 Å². The lowest BCUT2D eigenvalue weighted by atomic mass is 10.1. The highest BCUT2D eigenvalue weighted by Gasteiger charge is 2.15. The molecule has 0 amide bonds. The van der Waals surface area contributed by atoms with Crippen LogP contribution in [0, 0.1) is 30.9 Å². The predicted octanol–water partition coefficient (Wildman–Crippen LogP) is 4.79. The molecule has 0 saturated carbocycles. The summed E-state index contributed by atoms with van der Waals surface area (Å²) >= 11 is 6.09. The minimum absolute atomic E-state index is 0.0938. The number of anilines is 1. The molecule has 0 unspecified atom stereocenters. The molecule has 0 heterocycles. The van der Waals surface area contributed by atoms with Crippen LogP contribution in [0.5, 0.6) is 0 Å². The Kier molecular flexibility index (Phi) is 4.48.